The number of ether oxygens (including phenoxy) is 1. The minimum atomic E-state index is -1.53. The Morgan fingerprint density at radius 2 is 1.87 bits per heavy atom. The molecule has 2 aromatic heterocycles. The van der Waals surface area contributed by atoms with Crippen LogP contribution in [0.3, 0.4) is 0 Å². The molecule has 12 heteroatoms. The summed E-state index contributed by atoms with van der Waals surface area (Å²) in [6.45, 7) is -0.384. The van der Waals surface area contributed by atoms with E-state index in [9.17, 15) is 30.6 Å². The Bertz CT molecular complexity index is 1110. The van der Waals surface area contributed by atoms with Crippen molar-refractivity contribution >= 4 is 11.2 Å². The van der Waals surface area contributed by atoms with E-state index in [0.717, 1.165) is 0 Å². The van der Waals surface area contributed by atoms with Crippen molar-refractivity contribution in [2.75, 3.05) is 6.61 Å². The fourth-order valence-corrected chi connectivity index (χ4v) is 3.34. The third kappa shape index (κ3) is 3.51. The first kappa shape index (κ1) is 20.3. The molecule has 1 fully saturated rings. The highest BCUT2D eigenvalue weighted by Gasteiger charge is 2.44. The summed E-state index contributed by atoms with van der Waals surface area (Å²) in [6, 6.07) is 4.36. The third-order valence-electron chi connectivity index (χ3n) is 4.98. The number of H-pyrrole nitrogens is 1. The number of hydrogen-bond donors (Lipinski definition) is 7. The number of aliphatic hydroxyl groups is 4. The maximum absolute atomic E-state index is 10.4. The molecule has 0 radical (unpaired) electrons. The maximum Gasteiger partial charge on any atom is 0.177 e. The molecular weight excluding hydrogens is 398 g/mol. The largest absolute Gasteiger partial charge is 0.504 e. The number of aromatic amines is 1. The number of phenols is 2. The van der Waals surface area contributed by atoms with Crippen molar-refractivity contribution in [3.8, 4) is 11.5 Å². The monoisotopic (exact) mass is 419 g/mol. The minimum absolute atomic E-state index is 0.166. The van der Waals surface area contributed by atoms with Gasteiger partial charge in [-0.2, -0.15) is 0 Å². The zero-order chi connectivity index (χ0) is 21.4. The van der Waals surface area contributed by atoms with E-state index < -0.39 is 37.3 Å². The van der Waals surface area contributed by atoms with Crippen LogP contribution in [0, 0.1) is 0 Å². The van der Waals surface area contributed by atoms with Crippen molar-refractivity contribution in [1.29, 1.82) is 0 Å². The van der Waals surface area contributed by atoms with Gasteiger partial charge in [0.1, 0.15) is 36.3 Å². The minimum Gasteiger partial charge on any atom is -0.504 e. The summed E-state index contributed by atoms with van der Waals surface area (Å²) < 4.78 is 6.94. The molecule has 3 heterocycles. The van der Waals surface area contributed by atoms with Gasteiger partial charge < -0.3 is 40.4 Å². The van der Waals surface area contributed by atoms with Gasteiger partial charge in [-0.25, -0.2) is 9.97 Å². The average Bonchev–Trinajstić information content (AvgIpc) is 3.23. The Balaban J connectivity index is 1.69. The predicted octanol–water partition coefficient (Wildman–Crippen LogP) is -1.76. The lowest BCUT2D eigenvalue weighted by Gasteiger charge is -2.40. The lowest BCUT2D eigenvalue weighted by molar-refractivity contribution is -0.250. The molecule has 1 aliphatic heterocycles. The van der Waals surface area contributed by atoms with E-state index in [1.54, 1.807) is 6.07 Å². The van der Waals surface area contributed by atoms with Crippen LogP contribution in [0.15, 0.2) is 35.8 Å². The molecule has 0 aliphatic carbocycles. The maximum atomic E-state index is 10.4. The summed E-state index contributed by atoms with van der Waals surface area (Å²) in [5.74, 6) is -0.482. The summed E-state index contributed by atoms with van der Waals surface area (Å²) in [6.07, 6.45) is -3.99. The number of hydrogen-bond acceptors (Lipinski definition) is 10. The van der Waals surface area contributed by atoms with Gasteiger partial charge in [0.05, 0.1) is 19.5 Å². The highest BCUT2D eigenvalue weighted by molar-refractivity contribution is 5.68. The summed E-state index contributed by atoms with van der Waals surface area (Å²) in [7, 11) is 0. The van der Waals surface area contributed by atoms with E-state index >= 15 is 0 Å². The molecule has 7 N–H and O–H groups in total. The number of aromatic hydroxyl groups is 2. The zero-order valence-electron chi connectivity index (χ0n) is 15.6. The molecule has 1 saturated heterocycles. The second-order valence-electron chi connectivity index (χ2n) is 6.94. The van der Waals surface area contributed by atoms with Crippen molar-refractivity contribution < 1.29 is 35.4 Å². The van der Waals surface area contributed by atoms with Gasteiger partial charge in [-0.1, -0.05) is 6.07 Å². The molecule has 3 aromatic rings. The van der Waals surface area contributed by atoms with Gasteiger partial charge >= 0.3 is 0 Å². The van der Waals surface area contributed by atoms with Gasteiger partial charge in [-0.05, 0) is 17.7 Å². The number of phenolic OH excluding ortho intramolecular Hbond substituents is 2. The predicted molar refractivity (Wildman–Crippen MR) is 99.9 cm³/mol. The summed E-state index contributed by atoms with van der Waals surface area (Å²) >= 11 is 0. The lowest BCUT2D eigenvalue weighted by atomic mass is 9.98. The zero-order valence-corrected chi connectivity index (χ0v) is 15.6. The van der Waals surface area contributed by atoms with Crippen LogP contribution in [0.1, 0.15) is 11.8 Å². The Hall–Kier alpha value is -3.03. The molecule has 160 valence electrons. The molecule has 0 spiro atoms. The van der Waals surface area contributed by atoms with E-state index in [1.165, 1.54) is 29.4 Å². The Kier molecular flexibility index (Phi) is 5.40. The van der Waals surface area contributed by atoms with Crippen LogP contribution in [0.4, 0.5) is 0 Å². The molecular formula is C18H21N5O7. The first-order valence-corrected chi connectivity index (χ1v) is 9.12. The molecule has 1 aliphatic rings. The third-order valence-corrected chi connectivity index (χ3v) is 4.98. The second-order valence-corrected chi connectivity index (χ2v) is 6.94. The van der Waals surface area contributed by atoms with Gasteiger partial charge in [0, 0.05) is 0 Å². The van der Waals surface area contributed by atoms with Crippen molar-refractivity contribution in [3.05, 3.63) is 41.9 Å². The Labute approximate surface area is 169 Å². The smallest absolute Gasteiger partial charge is 0.177 e. The van der Waals surface area contributed by atoms with Gasteiger partial charge in [-0.3, -0.25) is 9.56 Å². The van der Waals surface area contributed by atoms with E-state index in [-0.39, 0.29) is 18.0 Å². The van der Waals surface area contributed by atoms with Gasteiger partial charge in [0.2, 0.25) is 0 Å². The van der Waals surface area contributed by atoms with Crippen LogP contribution in [0.5, 0.6) is 11.5 Å². The number of imidazole rings is 1. The number of nitrogens with zero attached hydrogens (tertiary/aromatic N) is 4. The number of aliphatic hydroxyl groups excluding tert-OH is 4. The van der Waals surface area contributed by atoms with Crippen molar-refractivity contribution in [2.45, 2.75) is 37.2 Å². The van der Waals surface area contributed by atoms with Crippen LogP contribution in [-0.2, 0) is 11.3 Å². The highest BCUT2D eigenvalue weighted by Crippen LogP contribution is 2.29. The van der Waals surface area contributed by atoms with Gasteiger partial charge in [0.25, 0.3) is 0 Å². The number of rotatable bonds is 4. The van der Waals surface area contributed by atoms with Gasteiger partial charge in [0.15, 0.2) is 28.9 Å². The second kappa shape index (κ2) is 8.01. The van der Waals surface area contributed by atoms with E-state index in [2.05, 4.69) is 19.9 Å². The summed E-state index contributed by atoms with van der Waals surface area (Å²) in [5.41, 5.74) is 1.69. The first-order valence-electron chi connectivity index (χ1n) is 9.12. The molecule has 1 unspecified atom stereocenters. The first-order chi connectivity index (χ1) is 14.4. The topological polar surface area (TPSA) is 189 Å². The van der Waals surface area contributed by atoms with Crippen molar-refractivity contribution in [2.24, 2.45) is 4.99 Å². The van der Waals surface area contributed by atoms with Gasteiger partial charge in [-0.15, -0.1) is 0 Å². The Morgan fingerprint density at radius 1 is 1.07 bits per heavy atom. The molecule has 0 saturated carbocycles. The molecule has 1 aromatic carbocycles. The summed E-state index contributed by atoms with van der Waals surface area (Å²) in [4.78, 5) is 15.8. The lowest BCUT2D eigenvalue weighted by Crippen LogP contribution is -2.56. The molecule has 0 bridgehead atoms. The summed E-state index contributed by atoms with van der Waals surface area (Å²) in [5, 5.41) is 58.8. The van der Waals surface area contributed by atoms with E-state index in [4.69, 9.17) is 4.74 Å². The van der Waals surface area contributed by atoms with Crippen LogP contribution in [0.25, 0.3) is 11.2 Å². The molecule has 5 atom stereocenters. The molecule has 0 amide bonds. The number of benzene rings is 1. The molecule has 4 rings (SSSR count). The average molecular weight is 419 g/mol. The van der Waals surface area contributed by atoms with Crippen LogP contribution in [0.2, 0.25) is 0 Å². The van der Waals surface area contributed by atoms with Crippen LogP contribution < -0.4 is 5.49 Å². The molecule has 30 heavy (non-hydrogen) atoms. The van der Waals surface area contributed by atoms with Crippen molar-refractivity contribution in [3.63, 3.8) is 0 Å². The SMILES string of the molecule is OC[C@H]1OC(n2cnc(=NCc3ccc(O)c(O)c3)c3[nH]cnc32)[C@H](O)[C@@H](O)[C@@H]1O. The number of aromatic nitrogens is 4. The normalized spacial score (nSPS) is 27.6. The van der Waals surface area contributed by atoms with Crippen LogP contribution >= 0.6 is 0 Å². The quantitative estimate of drug-likeness (QED) is 0.240. The van der Waals surface area contributed by atoms with E-state index in [1.807, 2.05) is 0 Å². The Morgan fingerprint density at radius 3 is 2.60 bits per heavy atom. The fourth-order valence-electron chi connectivity index (χ4n) is 3.34. The number of fused-ring (bicyclic) bond motifs is 1. The van der Waals surface area contributed by atoms with E-state index in [0.29, 0.717) is 22.2 Å². The van der Waals surface area contributed by atoms with Crippen LogP contribution in [-0.4, -0.2) is 81.2 Å². The number of nitrogens with one attached hydrogen (secondary N) is 1. The van der Waals surface area contributed by atoms with Crippen molar-refractivity contribution in [1.82, 2.24) is 19.5 Å². The highest BCUT2D eigenvalue weighted by atomic mass is 16.6. The molecule has 12 nitrogen and oxygen atoms in total. The fraction of sp³-hybridized carbons (Fsp3) is 0.389. The standard InChI is InChI=1S/C18H21N5O7/c24-5-11-13(27)14(28)15(29)18(30-11)23-7-22-16(12-17(23)21-6-20-12)19-4-8-1-2-9(25)10(26)3-8/h1-3,6-7,11,13-15,18,24-29H,4-5H2,(H,20,21)/t11-,13-,14+,15-,18?/m1/s1.